The number of rotatable bonds is 3. The van der Waals surface area contributed by atoms with Gasteiger partial charge in [0.1, 0.15) is 10.7 Å². The van der Waals surface area contributed by atoms with Crippen LogP contribution >= 0.6 is 22.9 Å². The highest BCUT2D eigenvalue weighted by Crippen LogP contribution is 2.32. The minimum absolute atomic E-state index is 0.141. The Morgan fingerprint density at radius 1 is 1.29 bits per heavy atom. The maximum atomic E-state index is 11.6. The van der Waals surface area contributed by atoms with Crippen LogP contribution in [-0.4, -0.2) is 27.8 Å². The second-order valence-corrected chi connectivity index (χ2v) is 5.45. The number of hydrogen-bond acceptors (Lipinski definition) is 5. The molecule has 106 valence electrons. The molecular formula is C14H10ClN3O2S. The molecule has 0 unspecified atom stereocenters. The Morgan fingerprint density at radius 3 is 2.76 bits per heavy atom. The summed E-state index contributed by atoms with van der Waals surface area (Å²) in [6, 6.07) is 11.5. The largest absolute Gasteiger partial charge is 0.465 e. The van der Waals surface area contributed by atoms with Gasteiger partial charge in [-0.15, -0.1) is 11.3 Å². The van der Waals surface area contributed by atoms with Gasteiger partial charge in [0, 0.05) is 0 Å². The molecule has 0 fully saturated rings. The number of ether oxygens (including phenoxy) is 1. The summed E-state index contributed by atoms with van der Waals surface area (Å²) in [6.45, 7) is 0. The third-order valence-electron chi connectivity index (χ3n) is 2.82. The van der Waals surface area contributed by atoms with Crippen LogP contribution in [-0.2, 0) is 4.74 Å². The summed E-state index contributed by atoms with van der Waals surface area (Å²) in [6.07, 6.45) is 1.68. The van der Waals surface area contributed by atoms with Crippen molar-refractivity contribution >= 4 is 28.9 Å². The molecule has 21 heavy (non-hydrogen) atoms. The number of halogens is 1. The van der Waals surface area contributed by atoms with Gasteiger partial charge in [0.2, 0.25) is 0 Å². The Hall–Kier alpha value is -2.18. The number of esters is 1. The smallest absolute Gasteiger partial charge is 0.351 e. The third-order valence-corrected chi connectivity index (χ3v) is 4.26. The number of para-hydroxylation sites is 1. The molecule has 2 aromatic heterocycles. The zero-order valence-corrected chi connectivity index (χ0v) is 12.6. The first-order chi connectivity index (χ1) is 10.2. The summed E-state index contributed by atoms with van der Waals surface area (Å²) < 4.78 is 6.43. The fraction of sp³-hybridized carbons (Fsp3) is 0.0714. The standard InChI is InChI=1S/C14H10ClN3O2S/c1-20-14(19)11-12(15)17-13(21-11)10-7-8-16-18(10)9-5-3-2-4-6-9/h2-8H,1H3. The lowest BCUT2D eigenvalue weighted by atomic mass is 10.3. The predicted octanol–water partition coefficient (Wildman–Crippen LogP) is 3.44. The van der Waals surface area contributed by atoms with Crippen LogP contribution in [0.15, 0.2) is 42.6 Å². The topological polar surface area (TPSA) is 57.0 Å². The van der Waals surface area contributed by atoms with Crippen LogP contribution in [0.4, 0.5) is 0 Å². The van der Waals surface area contributed by atoms with Crippen molar-refractivity contribution in [2.24, 2.45) is 0 Å². The molecule has 0 atom stereocenters. The van der Waals surface area contributed by atoms with E-state index in [0.29, 0.717) is 5.01 Å². The summed E-state index contributed by atoms with van der Waals surface area (Å²) in [4.78, 5) is 16.1. The fourth-order valence-electron chi connectivity index (χ4n) is 1.87. The first kappa shape index (κ1) is 13.8. The summed E-state index contributed by atoms with van der Waals surface area (Å²) in [5.74, 6) is -0.491. The molecule has 0 aliphatic rings. The van der Waals surface area contributed by atoms with Crippen molar-refractivity contribution in [3.8, 4) is 16.4 Å². The lowest BCUT2D eigenvalue weighted by Gasteiger charge is -2.04. The van der Waals surface area contributed by atoms with Gasteiger partial charge >= 0.3 is 5.97 Å². The van der Waals surface area contributed by atoms with E-state index >= 15 is 0 Å². The average molecular weight is 320 g/mol. The van der Waals surface area contributed by atoms with E-state index in [-0.39, 0.29) is 10.0 Å². The average Bonchev–Trinajstić information content (AvgIpc) is 3.13. The number of carbonyl (C=O) groups excluding carboxylic acids is 1. The highest BCUT2D eigenvalue weighted by atomic mass is 35.5. The molecule has 0 spiro atoms. The zero-order valence-electron chi connectivity index (χ0n) is 11.0. The van der Waals surface area contributed by atoms with Crippen LogP contribution in [0.5, 0.6) is 0 Å². The Bertz CT molecular complexity index is 783. The molecule has 0 saturated carbocycles. The van der Waals surface area contributed by atoms with Gasteiger partial charge in [0.25, 0.3) is 0 Å². The molecule has 0 N–H and O–H groups in total. The molecule has 3 rings (SSSR count). The molecule has 0 amide bonds. The van der Waals surface area contributed by atoms with E-state index in [0.717, 1.165) is 11.4 Å². The van der Waals surface area contributed by atoms with Crippen LogP contribution in [0.2, 0.25) is 5.15 Å². The number of hydrogen-bond donors (Lipinski definition) is 0. The minimum atomic E-state index is -0.491. The maximum absolute atomic E-state index is 11.6. The highest BCUT2D eigenvalue weighted by Gasteiger charge is 2.20. The monoisotopic (exact) mass is 319 g/mol. The molecule has 0 aliphatic carbocycles. The van der Waals surface area contributed by atoms with E-state index < -0.39 is 5.97 Å². The van der Waals surface area contributed by atoms with Crippen molar-refractivity contribution < 1.29 is 9.53 Å². The van der Waals surface area contributed by atoms with E-state index in [1.54, 1.807) is 10.9 Å². The lowest BCUT2D eigenvalue weighted by molar-refractivity contribution is 0.0606. The molecule has 2 heterocycles. The number of nitrogens with zero attached hydrogens (tertiary/aromatic N) is 3. The van der Waals surface area contributed by atoms with E-state index in [9.17, 15) is 4.79 Å². The van der Waals surface area contributed by atoms with Crippen LogP contribution in [0.3, 0.4) is 0 Å². The molecule has 0 saturated heterocycles. The quantitative estimate of drug-likeness (QED) is 0.694. The Labute approximate surface area is 129 Å². The number of benzene rings is 1. The van der Waals surface area contributed by atoms with Crippen molar-refractivity contribution in [2.45, 2.75) is 0 Å². The highest BCUT2D eigenvalue weighted by molar-refractivity contribution is 7.17. The fourth-order valence-corrected chi connectivity index (χ4v) is 3.08. The molecule has 5 nitrogen and oxygen atoms in total. The second kappa shape index (κ2) is 5.67. The van der Waals surface area contributed by atoms with Gasteiger partial charge < -0.3 is 4.74 Å². The van der Waals surface area contributed by atoms with E-state index in [1.807, 2.05) is 36.4 Å². The van der Waals surface area contributed by atoms with E-state index in [1.165, 1.54) is 18.4 Å². The number of aromatic nitrogens is 3. The van der Waals surface area contributed by atoms with E-state index in [2.05, 4.69) is 14.8 Å². The molecule has 0 aliphatic heterocycles. The maximum Gasteiger partial charge on any atom is 0.351 e. The first-order valence-corrected chi connectivity index (χ1v) is 7.24. The van der Waals surface area contributed by atoms with E-state index in [4.69, 9.17) is 11.6 Å². The molecule has 0 radical (unpaired) electrons. The summed E-state index contributed by atoms with van der Waals surface area (Å²) in [5.41, 5.74) is 1.67. The first-order valence-electron chi connectivity index (χ1n) is 6.05. The van der Waals surface area contributed by atoms with Gasteiger partial charge in [-0.05, 0) is 18.2 Å². The molecule has 7 heteroatoms. The van der Waals surface area contributed by atoms with Crippen molar-refractivity contribution in [3.63, 3.8) is 0 Å². The van der Waals surface area contributed by atoms with Crippen molar-refractivity contribution in [2.75, 3.05) is 7.11 Å². The summed E-state index contributed by atoms with van der Waals surface area (Å²) >= 11 is 7.18. The molecule has 3 aromatic rings. The van der Waals surface area contributed by atoms with Gasteiger partial charge in [-0.1, -0.05) is 29.8 Å². The van der Waals surface area contributed by atoms with Crippen LogP contribution < -0.4 is 0 Å². The zero-order chi connectivity index (χ0) is 14.8. The summed E-state index contributed by atoms with van der Waals surface area (Å²) in [5, 5.41) is 5.04. The van der Waals surface area contributed by atoms with Gasteiger partial charge in [-0.3, -0.25) is 0 Å². The van der Waals surface area contributed by atoms with Gasteiger partial charge in [0.15, 0.2) is 10.0 Å². The number of methoxy groups -OCH3 is 1. The molecule has 0 bridgehead atoms. The van der Waals surface area contributed by atoms with Crippen LogP contribution in [0.25, 0.3) is 16.4 Å². The van der Waals surface area contributed by atoms with Crippen molar-refractivity contribution in [1.29, 1.82) is 0 Å². The van der Waals surface area contributed by atoms with Gasteiger partial charge in [-0.25, -0.2) is 14.5 Å². The van der Waals surface area contributed by atoms with Gasteiger partial charge in [-0.2, -0.15) is 5.10 Å². The van der Waals surface area contributed by atoms with Crippen molar-refractivity contribution in [1.82, 2.24) is 14.8 Å². The van der Waals surface area contributed by atoms with Crippen LogP contribution in [0, 0.1) is 0 Å². The lowest BCUT2D eigenvalue weighted by Crippen LogP contribution is -1.98. The molecule has 1 aromatic carbocycles. The van der Waals surface area contributed by atoms with Crippen molar-refractivity contribution in [3.05, 3.63) is 52.6 Å². The minimum Gasteiger partial charge on any atom is -0.465 e. The Balaban J connectivity index is 2.07. The third kappa shape index (κ3) is 2.55. The summed E-state index contributed by atoms with van der Waals surface area (Å²) in [7, 11) is 1.31. The normalized spacial score (nSPS) is 10.6. The molecular weight excluding hydrogens is 310 g/mol. The Morgan fingerprint density at radius 2 is 2.05 bits per heavy atom. The predicted molar refractivity (Wildman–Crippen MR) is 81.0 cm³/mol. The van der Waals surface area contributed by atoms with Crippen LogP contribution in [0.1, 0.15) is 9.67 Å². The SMILES string of the molecule is COC(=O)c1sc(-c2ccnn2-c2ccccc2)nc1Cl. The van der Waals surface area contributed by atoms with Gasteiger partial charge in [0.05, 0.1) is 19.0 Å². The number of thiazole rings is 1. The second-order valence-electron chi connectivity index (χ2n) is 4.09. The number of carbonyl (C=O) groups is 1. The Kier molecular flexibility index (Phi) is 3.72.